The first-order valence-corrected chi connectivity index (χ1v) is 8.18. The number of ketones is 1. The molecular formula is C20H20N2O3. The molecule has 0 atom stereocenters. The predicted molar refractivity (Wildman–Crippen MR) is 95.5 cm³/mol. The van der Waals surface area contributed by atoms with Crippen molar-refractivity contribution in [3.63, 3.8) is 0 Å². The van der Waals surface area contributed by atoms with Crippen molar-refractivity contribution in [3.8, 4) is 5.75 Å². The van der Waals surface area contributed by atoms with Gasteiger partial charge in [0.1, 0.15) is 23.9 Å². The number of ether oxygens (including phenoxy) is 1. The lowest BCUT2D eigenvalue weighted by molar-refractivity contribution is 0.104. The third-order valence-corrected chi connectivity index (χ3v) is 3.74. The van der Waals surface area contributed by atoms with Gasteiger partial charge in [-0.3, -0.25) is 9.48 Å². The summed E-state index contributed by atoms with van der Waals surface area (Å²) in [4.78, 5) is 12.3. The molecule has 0 saturated heterocycles. The summed E-state index contributed by atoms with van der Waals surface area (Å²) in [5.74, 6) is 2.01. The largest absolute Gasteiger partial charge is 0.486 e. The number of rotatable bonds is 7. The number of furan rings is 1. The molecule has 3 rings (SSSR count). The lowest BCUT2D eigenvalue weighted by atomic mass is 10.1. The highest BCUT2D eigenvalue weighted by atomic mass is 16.5. The summed E-state index contributed by atoms with van der Waals surface area (Å²) in [7, 11) is 0. The van der Waals surface area contributed by atoms with Crippen LogP contribution in [0.3, 0.4) is 0 Å². The summed E-state index contributed by atoms with van der Waals surface area (Å²) in [6.07, 6.45) is 4.94. The summed E-state index contributed by atoms with van der Waals surface area (Å²) in [6.45, 7) is 4.90. The van der Waals surface area contributed by atoms with Gasteiger partial charge in [0.25, 0.3) is 0 Å². The zero-order valence-electron chi connectivity index (χ0n) is 14.3. The molecule has 25 heavy (non-hydrogen) atoms. The molecule has 0 fully saturated rings. The molecule has 0 unspecified atom stereocenters. The van der Waals surface area contributed by atoms with Crippen molar-refractivity contribution in [2.75, 3.05) is 0 Å². The molecule has 0 N–H and O–H groups in total. The van der Waals surface area contributed by atoms with Crippen molar-refractivity contribution in [2.24, 2.45) is 0 Å². The fraction of sp³-hybridized carbons (Fsp3) is 0.200. The van der Waals surface area contributed by atoms with Crippen LogP contribution >= 0.6 is 0 Å². The Hall–Kier alpha value is -3.08. The van der Waals surface area contributed by atoms with Crippen molar-refractivity contribution >= 4 is 11.9 Å². The Bertz CT molecular complexity index is 875. The number of carbonyl (C=O) groups is 1. The van der Waals surface area contributed by atoms with Gasteiger partial charge < -0.3 is 9.15 Å². The number of carbonyl (C=O) groups excluding carboxylic acids is 1. The predicted octanol–water partition coefficient (Wildman–Crippen LogP) is 4.28. The molecule has 1 aromatic carbocycles. The Labute approximate surface area is 146 Å². The van der Waals surface area contributed by atoms with Gasteiger partial charge in [-0.15, -0.1) is 0 Å². The van der Waals surface area contributed by atoms with Crippen LogP contribution in [-0.4, -0.2) is 15.6 Å². The molecule has 0 saturated carbocycles. The summed E-state index contributed by atoms with van der Waals surface area (Å²) >= 11 is 0. The third kappa shape index (κ3) is 4.26. The van der Waals surface area contributed by atoms with Crippen LogP contribution in [-0.2, 0) is 13.2 Å². The molecule has 0 spiro atoms. The first-order valence-electron chi connectivity index (χ1n) is 8.18. The molecule has 3 aromatic rings. The van der Waals surface area contributed by atoms with Crippen molar-refractivity contribution in [2.45, 2.75) is 27.0 Å². The molecule has 0 aliphatic heterocycles. The van der Waals surface area contributed by atoms with Gasteiger partial charge in [0, 0.05) is 12.7 Å². The monoisotopic (exact) mass is 336 g/mol. The highest BCUT2D eigenvalue weighted by molar-refractivity contribution is 6.07. The molecule has 2 heterocycles. The summed E-state index contributed by atoms with van der Waals surface area (Å²) < 4.78 is 13.1. The van der Waals surface area contributed by atoms with Crippen LogP contribution in [0, 0.1) is 6.92 Å². The van der Waals surface area contributed by atoms with Crippen LogP contribution < -0.4 is 4.74 Å². The SMILES string of the molecule is CCn1cc(C(=O)/C=C/c2ccc(COc3ccccc3)o2)c(C)n1. The van der Waals surface area contributed by atoms with Crippen LogP contribution in [0.25, 0.3) is 6.08 Å². The number of hydrogen-bond acceptors (Lipinski definition) is 4. The van der Waals surface area contributed by atoms with Gasteiger partial charge in [0.15, 0.2) is 5.78 Å². The molecular weight excluding hydrogens is 316 g/mol. The average molecular weight is 336 g/mol. The van der Waals surface area contributed by atoms with E-state index < -0.39 is 0 Å². The van der Waals surface area contributed by atoms with E-state index in [1.165, 1.54) is 6.08 Å². The van der Waals surface area contributed by atoms with Crippen LogP contribution in [0.2, 0.25) is 0 Å². The molecule has 5 heteroatoms. The number of aryl methyl sites for hydroxylation is 2. The number of para-hydroxylation sites is 1. The lowest BCUT2D eigenvalue weighted by Crippen LogP contribution is -1.94. The number of allylic oxidation sites excluding steroid dienone is 1. The zero-order chi connectivity index (χ0) is 17.6. The van der Waals surface area contributed by atoms with Crippen LogP contribution in [0.15, 0.2) is 59.2 Å². The summed E-state index contributed by atoms with van der Waals surface area (Å²) in [6, 6.07) is 13.2. The topological polar surface area (TPSA) is 57.3 Å². The minimum absolute atomic E-state index is 0.0873. The number of hydrogen-bond donors (Lipinski definition) is 0. The van der Waals surface area contributed by atoms with Gasteiger partial charge in [0.2, 0.25) is 0 Å². The summed E-state index contributed by atoms with van der Waals surface area (Å²) in [5, 5.41) is 4.28. The minimum Gasteiger partial charge on any atom is -0.486 e. The van der Waals surface area contributed by atoms with E-state index in [2.05, 4.69) is 5.10 Å². The van der Waals surface area contributed by atoms with Crippen molar-refractivity contribution in [3.05, 3.63) is 77.5 Å². The van der Waals surface area contributed by atoms with Gasteiger partial charge >= 0.3 is 0 Å². The highest BCUT2D eigenvalue weighted by Gasteiger charge is 2.10. The maximum absolute atomic E-state index is 12.3. The molecule has 128 valence electrons. The van der Waals surface area contributed by atoms with E-state index in [-0.39, 0.29) is 5.78 Å². The van der Waals surface area contributed by atoms with Crippen molar-refractivity contribution in [1.82, 2.24) is 9.78 Å². The average Bonchev–Trinajstić information content (AvgIpc) is 3.25. The Balaban J connectivity index is 1.61. The Morgan fingerprint density at radius 3 is 2.76 bits per heavy atom. The Kier molecular flexibility index (Phi) is 5.14. The minimum atomic E-state index is -0.0873. The van der Waals surface area contributed by atoms with E-state index in [1.807, 2.05) is 56.3 Å². The van der Waals surface area contributed by atoms with Gasteiger partial charge in [-0.25, -0.2) is 0 Å². The molecule has 5 nitrogen and oxygen atoms in total. The standard InChI is InChI=1S/C20H20N2O3/c1-3-22-13-19(15(2)21-22)20(23)12-11-17-9-10-18(25-17)14-24-16-7-5-4-6-8-16/h4-13H,3,14H2,1-2H3/b12-11+. The maximum Gasteiger partial charge on any atom is 0.189 e. The maximum atomic E-state index is 12.3. The van der Waals surface area contributed by atoms with E-state index in [1.54, 1.807) is 17.0 Å². The number of benzene rings is 1. The van der Waals surface area contributed by atoms with Crippen LogP contribution in [0.4, 0.5) is 0 Å². The van der Waals surface area contributed by atoms with Crippen LogP contribution in [0.1, 0.15) is 34.5 Å². The summed E-state index contributed by atoms with van der Waals surface area (Å²) in [5.41, 5.74) is 1.34. The molecule has 0 aliphatic rings. The second-order valence-electron chi connectivity index (χ2n) is 5.59. The van der Waals surface area contributed by atoms with E-state index in [0.29, 0.717) is 23.7 Å². The molecule has 2 aromatic heterocycles. The van der Waals surface area contributed by atoms with E-state index >= 15 is 0 Å². The third-order valence-electron chi connectivity index (χ3n) is 3.74. The number of nitrogens with zero attached hydrogens (tertiary/aromatic N) is 2. The van der Waals surface area contributed by atoms with Gasteiger partial charge in [-0.2, -0.15) is 5.10 Å². The lowest BCUT2D eigenvalue weighted by Gasteiger charge is -2.02. The van der Waals surface area contributed by atoms with Gasteiger partial charge in [-0.1, -0.05) is 18.2 Å². The van der Waals surface area contributed by atoms with Crippen LogP contribution in [0.5, 0.6) is 5.75 Å². The molecule has 0 aliphatic carbocycles. The Morgan fingerprint density at radius 2 is 2.04 bits per heavy atom. The fourth-order valence-electron chi connectivity index (χ4n) is 2.40. The first-order chi connectivity index (χ1) is 12.2. The van der Waals surface area contributed by atoms with Crippen molar-refractivity contribution < 1.29 is 13.9 Å². The smallest absolute Gasteiger partial charge is 0.189 e. The number of aromatic nitrogens is 2. The van der Waals surface area contributed by atoms with E-state index in [9.17, 15) is 4.79 Å². The van der Waals surface area contributed by atoms with Crippen molar-refractivity contribution in [1.29, 1.82) is 0 Å². The van der Waals surface area contributed by atoms with Gasteiger partial charge in [-0.05, 0) is 50.3 Å². The molecule has 0 amide bonds. The second kappa shape index (κ2) is 7.66. The quantitative estimate of drug-likeness (QED) is 0.477. The van der Waals surface area contributed by atoms with E-state index in [0.717, 1.165) is 18.0 Å². The Morgan fingerprint density at radius 1 is 1.24 bits per heavy atom. The van der Waals surface area contributed by atoms with E-state index in [4.69, 9.17) is 9.15 Å². The fourth-order valence-corrected chi connectivity index (χ4v) is 2.40. The normalized spacial score (nSPS) is 11.1. The highest BCUT2D eigenvalue weighted by Crippen LogP contribution is 2.15. The van der Waals surface area contributed by atoms with Gasteiger partial charge in [0.05, 0.1) is 11.3 Å². The second-order valence-corrected chi connectivity index (χ2v) is 5.59. The first kappa shape index (κ1) is 16.8. The zero-order valence-corrected chi connectivity index (χ0v) is 14.3. The molecule has 0 radical (unpaired) electrons. The molecule has 0 bridgehead atoms.